The Morgan fingerprint density at radius 2 is 1.72 bits per heavy atom. The summed E-state index contributed by atoms with van der Waals surface area (Å²) in [7, 11) is 0. The van der Waals surface area contributed by atoms with Crippen LogP contribution in [0.5, 0.6) is 0 Å². The molecule has 1 aromatic heterocycles. The highest BCUT2D eigenvalue weighted by molar-refractivity contribution is 6.30. The van der Waals surface area contributed by atoms with E-state index in [-0.39, 0.29) is 11.8 Å². The van der Waals surface area contributed by atoms with Gasteiger partial charge in [-0.2, -0.15) is 5.10 Å². The van der Waals surface area contributed by atoms with Gasteiger partial charge in [0.05, 0.1) is 12.2 Å². The van der Waals surface area contributed by atoms with Crippen LogP contribution in [0.1, 0.15) is 29.8 Å². The van der Waals surface area contributed by atoms with E-state index < -0.39 is 0 Å². The van der Waals surface area contributed by atoms with Crippen molar-refractivity contribution in [3.05, 3.63) is 41.0 Å². The molecule has 0 spiro atoms. The molecule has 0 atom stereocenters. The highest BCUT2D eigenvalue weighted by Gasteiger charge is 2.26. The molecule has 1 aromatic carbocycles. The van der Waals surface area contributed by atoms with Crippen molar-refractivity contribution in [2.45, 2.75) is 19.3 Å². The molecule has 1 N–H and O–H groups in total. The van der Waals surface area contributed by atoms with E-state index in [1.54, 1.807) is 12.1 Å². The Labute approximate surface area is 175 Å². The molecule has 0 aliphatic carbocycles. The Hall–Kier alpha value is -2.38. The van der Waals surface area contributed by atoms with Crippen LogP contribution in [0.2, 0.25) is 5.02 Å². The molecule has 2 aliphatic rings. The summed E-state index contributed by atoms with van der Waals surface area (Å²) in [6.45, 7) is 4.85. The van der Waals surface area contributed by atoms with Crippen LogP contribution < -0.4 is 0 Å². The predicted molar refractivity (Wildman–Crippen MR) is 112 cm³/mol. The third-order valence-electron chi connectivity index (χ3n) is 5.66. The number of H-pyrrole nitrogens is 1. The fourth-order valence-electron chi connectivity index (χ4n) is 3.94. The largest absolute Gasteiger partial charge is 0.342 e. The zero-order chi connectivity index (χ0) is 20.2. The number of likely N-dealkylation sites (tertiary alicyclic amines) is 1. The lowest BCUT2D eigenvalue weighted by atomic mass is 10.1. The number of benzene rings is 1. The van der Waals surface area contributed by atoms with Crippen LogP contribution in [0.15, 0.2) is 30.3 Å². The molecule has 2 fully saturated rings. The van der Waals surface area contributed by atoms with Crippen molar-refractivity contribution in [2.75, 3.05) is 45.8 Å². The van der Waals surface area contributed by atoms with Crippen molar-refractivity contribution in [3.63, 3.8) is 0 Å². The highest BCUT2D eigenvalue weighted by atomic mass is 35.5. The minimum absolute atomic E-state index is 0.0622. The molecule has 4 rings (SSSR count). The molecule has 154 valence electrons. The zero-order valence-corrected chi connectivity index (χ0v) is 17.2. The van der Waals surface area contributed by atoms with Crippen LogP contribution in [0, 0.1) is 0 Å². The monoisotopic (exact) mass is 415 g/mol. The number of piperazine rings is 1. The minimum Gasteiger partial charge on any atom is -0.342 e. The summed E-state index contributed by atoms with van der Waals surface area (Å²) < 4.78 is 0. The maximum absolute atomic E-state index is 12.8. The summed E-state index contributed by atoms with van der Waals surface area (Å²) >= 11 is 6.04. The first kappa shape index (κ1) is 19.9. The molecule has 8 heteroatoms. The summed E-state index contributed by atoms with van der Waals surface area (Å²) in [4.78, 5) is 31.2. The fraction of sp³-hybridized carbons (Fsp3) is 0.476. The molecule has 0 radical (unpaired) electrons. The molecule has 29 heavy (non-hydrogen) atoms. The lowest BCUT2D eigenvalue weighted by Crippen LogP contribution is -2.52. The van der Waals surface area contributed by atoms with Gasteiger partial charge < -0.3 is 9.80 Å². The molecule has 2 amide bonds. The normalized spacial score (nSPS) is 18.1. The third-order valence-corrected chi connectivity index (χ3v) is 5.89. The first-order chi connectivity index (χ1) is 14.1. The molecule has 3 heterocycles. The number of aromatic nitrogens is 2. The number of nitrogens with zero attached hydrogens (tertiary/aromatic N) is 4. The lowest BCUT2D eigenvalue weighted by Gasteiger charge is -2.35. The van der Waals surface area contributed by atoms with Crippen molar-refractivity contribution < 1.29 is 9.59 Å². The standard InChI is InChI=1S/C21H26ClN5O2/c22-17-6-4-5-16(13-17)18-14-19(24-23-18)21(29)27-11-9-25(10-12-27)15-20(28)26-7-2-1-3-8-26/h4-6,13-14H,1-3,7-12,15H2,(H,23,24). The molecule has 0 unspecified atom stereocenters. The Kier molecular flexibility index (Phi) is 6.16. The van der Waals surface area contributed by atoms with Crippen molar-refractivity contribution in [3.8, 4) is 11.3 Å². The van der Waals surface area contributed by atoms with Crippen LogP contribution in [0.25, 0.3) is 11.3 Å². The second kappa shape index (κ2) is 8.97. The molecule has 2 aliphatic heterocycles. The number of aromatic amines is 1. The highest BCUT2D eigenvalue weighted by Crippen LogP contribution is 2.22. The number of carbonyl (C=O) groups excluding carboxylic acids is 2. The van der Waals surface area contributed by atoms with E-state index in [1.807, 2.05) is 28.0 Å². The second-order valence-electron chi connectivity index (χ2n) is 7.69. The van der Waals surface area contributed by atoms with Gasteiger partial charge in [0.2, 0.25) is 5.91 Å². The van der Waals surface area contributed by atoms with E-state index in [9.17, 15) is 9.59 Å². The van der Waals surface area contributed by atoms with E-state index in [0.29, 0.717) is 49.1 Å². The number of carbonyl (C=O) groups is 2. The SMILES string of the molecule is O=C(CN1CCN(C(=O)c2cc(-c3cccc(Cl)c3)n[nH]2)CC1)N1CCCCC1. The third kappa shape index (κ3) is 4.79. The Bertz CT molecular complexity index is 869. The predicted octanol–water partition coefficient (Wildman–Crippen LogP) is 2.50. The molecular weight excluding hydrogens is 390 g/mol. The van der Waals surface area contributed by atoms with Crippen LogP contribution in [0.4, 0.5) is 0 Å². The molecule has 7 nitrogen and oxygen atoms in total. The van der Waals surface area contributed by atoms with E-state index >= 15 is 0 Å². The van der Waals surface area contributed by atoms with Gasteiger partial charge in [-0.25, -0.2) is 0 Å². The molecule has 0 saturated carbocycles. The number of rotatable bonds is 4. The van der Waals surface area contributed by atoms with E-state index in [4.69, 9.17) is 11.6 Å². The molecule has 2 aromatic rings. The summed E-state index contributed by atoms with van der Waals surface area (Å²) in [5, 5.41) is 7.74. The number of nitrogens with one attached hydrogen (secondary N) is 1. The minimum atomic E-state index is -0.0622. The molecule has 0 bridgehead atoms. The number of amides is 2. The van der Waals surface area contributed by atoms with Crippen molar-refractivity contribution in [1.82, 2.24) is 24.9 Å². The maximum atomic E-state index is 12.8. The van der Waals surface area contributed by atoms with E-state index in [2.05, 4.69) is 15.1 Å². The number of hydrogen-bond donors (Lipinski definition) is 1. The number of piperidine rings is 1. The summed E-state index contributed by atoms with van der Waals surface area (Å²) in [6.07, 6.45) is 3.43. The van der Waals surface area contributed by atoms with Crippen molar-refractivity contribution in [2.24, 2.45) is 0 Å². The Morgan fingerprint density at radius 3 is 2.45 bits per heavy atom. The molecular formula is C21H26ClN5O2. The average molecular weight is 416 g/mol. The Morgan fingerprint density at radius 1 is 0.966 bits per heavy atom. The number of hydrogen-bond acceptors (Lipinski definition) is 4. The van der Waals surface area contributed by atoms with Crippen LogP contribution in [-0.4, -0.2) is 82.5 Å². The first-order valence-electron chi connectivity index (χ1n) is 10.2. The second-order valence-corrected chi connectivity index (χ2v) is 8.12. The zero-order valence-electron chi connectivity index (χ0n) is 16.4. The quantitative estimate of drug-likeness (QED) is 0.832. The summed E-state index contributed by atoms with van der Waals surface area (Å²) in [6, 6.07) is 9.16. The van der Waals surface area contributed by atoms with E-state index in [0.717, 1.165) is 31.5 Å². The average Bonchev–Trinajstić information content (AvgIpc) is 3.25. The topological polar surface area (TPSA) is 72.5 Å². The van der Waals surface area contributed by atoms with Gasteiger partial charge in [0, 0.05) is 49.9 Å². The lowest BCUT2D eigenvalue weighted by molar-refractivity contribution is -0.133. The number of halogens is 1. The van der Waals surface area contributed by atoms with Crippen LogP contribution in [-0.2, 0) is 4.79 Å². The summed E-state index contributed by atoms with van der Waals surface area (Å²) in [5.41, 5.74) is 2.04. The van der Waals surface area contributed by atoms with Gasteiger partial charge in [0.15, 0.2) is 0 Å². The first-order valence-corrected chi connectivity index (χ1v) is 10.6. The van der Waals surface area contributed by atoms with Gasteiger partial charge in [-0.3, -0.25) is 19.6 Å². The maximum Gasteiger partial charge on any atom is 0.271 e. The van der Waals surface area contributed by atoms with Crippen LogP contribution >= 0.6 is 11.6 Å². The van der Waals surface area contributed by atoms with Gasteiger partial charge in [-0.05, 0) is 37.5 Å². The van der Waals surface area contributed by atoms with Gasteiger partial charge in [-0.1, -0.05) is 23.7 Å². The van der Waals surface area contributed by atoms with Gasteiger partial charge in [-0.15, -0.1) is 0 Å². The van der Waals surface area contributed by atoms with E-state index in [1.165, 1.54) is 6.42 Å². The smallest absolute Gasteiger partial charge is 0.271 e. The fourth-order valence-corrected chi connectivity index (χ4v) is 4.13. The molecule has 2 saturated heterocycles. The summed E-state index contributed by atoms with van der Waals surface area (Å²) in [5.74, 6) is 0.150. The van der Waals surface area contributed by atoms with Crippen LogP contribution in [0.3, 0.4) is 0 Å². The van der Waals surface area contributed by atoms with Gasteiger partial charge in [0.1, 0.15) is 5.69 Å². The van der Waals surface area contributed by atoms with Crippen molar-refractivity contribution >= 4 is 23.4 Å². The van der Waals surface area contributed by atoms with Gasteiger partial charge >= 0.3 is 0 Å². The van der Waals surface area contributed by atoms with Gasteiger partial charge in [0.25, 0.3) is 5.91 Å². The van der Waals surface area contributed by atoms with Crippen molar-refractivity contribution in [1.29, 1.82) is 0 Å². The Balaban J connectivity index is 1.30.